The maximum Gasteiger partial charge on any atom is 0.279 e. The lowest BCUT2D eigenvalue weighted by molar-refractivity contribution is -0.133. The Hall–Kier alpha value is -3.80. The quantitative estimate of drug-likeness (QED) is 0.590. The highest BCUT2D eigenvalue weighted by molar-refractivity contribution is 5.85. The Morgan fingerprint density at radius 1 is 0.833 bits per heavy atom. The number of amides is 2. The Morgan fingerprint density at radius 2 is 1.47 bits per heavy atom. The van der Waals surface area contributed by atoms with Crippen LogP contribution in [-0.4, -0.2) is 24.5 Å². The van der Waals surface area contributed by atoms with Crippen molar-refractivity contribution in [3.05, 3.63) is 84.4 Å². The molecule has 154 valence electrons. The van der Waals surface area contributed by atoms with Crippen LogP contribution >= 0.6 is 0 Å². The summed E-state index contributed by atoms with van der Waals surface area (Å²) >= 11 is 0. The molecule has 1 unspecified atom stereocenters. The van der Waals surface area contributed by atoms with Gasteiger partial charge < -0.3 is 9.47 Å². The minimum atomic E-state index is -0.766. The van der Waals surface area contributed by atoms with Crippen LogP contribution in [0.15, 0.2) is 78.9 Å². The third-order valence-electron chi connectivity index (χ3n) is 4.42. The average Bonchev–Trinajstić information content (AvgIpc) is 2.78. The van der Waals surface area contributed by atoms with E-state index in [9.17, 15) is 9.59 Å². The Morgan fingerprint density at radius 3 is 2.17 bits per heavy atom. The predicted molar refractivity (Wildman–Crippen MR) is 115 cm³/mol. The van der Waals surface area contributed by atoms with Crippen molar-refractivity contribution >= 4 is 11.8 Å². The van der Waals surface area contributed by atoms with E-state index >= 15 is 0 Å². The van der Waals surface area contributed by atoms with E-state index in [0.29, 0.717) is 11.5 Å². The SMILES string of the molecule is Cc1ccccc1OC(C)C(=O)NNC(=O)COc1ccc(-c2ccccc2)cc1. The number of hydrazine groups is 1. The normalized spacial score (nSPS) is 11.3. The molecule has 0 saturated carbocycles. The third kappa shape index (κ3) is 5.85. The van der Waals surface area contributed by atoms with Gasteiger partial charge in [-0.3, -0.25) is 20.4 Å². The molecule has 0 aliphatic heterocycles. The maximum atomic E-state index is 12.1. The molecule has 0 bridgehead atoms. The van der Waals surface area contributed by atoms with Crippen molar-refractivity contribution in [2.75, 3.05) is 6.61 Å². The summed E-state index contributed by atoms with van der Waals surface area (Å²) in [6.45, 7) is 3.28. The summed E-state index contributed by atoms with van der Waals surface area (Å²) < 4.78 is 11.1. The molecule has 3 aromatic rings. The van der Waals surface area contributed by atoms with Gasteiger partial charge in [-0.25, -0.2) is 0 Å². The van der Waals surface area contributed by atoms with Gasteiger partial charge in [0.1, 0.15) is 11.5 Å². The van der Waals surface area contributed by atoms with E-state index in [2.05, 4.69) is 10.9 Å². The van der Waals surface area contributed by atoms with Crippen molar-refractivity contribution in [2.45, 2.75) is 20.0 Å². The first-order valence-corrected chi connectivity index (χ1v) is 9.62. The molecule has 3 aromatic carbocycles. The zero-order valence-electron chi connectivity index (χ0n) is 16.9. The molecule has 2 N–H and O–H groups in total. The van der Waals surface area contributed by atoms with E-state index in [-0.39, 0.29) is 6.61 Å². The molecular weight excluding hydrogens is 380 g/mol. The molecule has 0 heterocycles. The zero-order chi connectivity index (χ0) is 21.3. The number of benzene rings is 3. The molecule has 0 spiro atoms. The molecule has 6 heteroatoms. The number of ether oxygens (including phenoxy) is 2. The Labute approximate surface area is 175 Å². The molecule has 0 aliphatic carbocycles. The first-order valence-electron chi connectivity index (χ1n) is 9.62. The van der Waals surface area contributed by atoms with E-state index in [1.807, 2.05) is 67.6 Å². The van der Waals surface area contributed by atoms with E-state index < -0.39 is 17.9 Å². The number of rotatable bonds is 7. The highest BCUT2D eigenvalue weighted by Crippen LogP contribution is 2.22. The number of hydrogen-bond acceptors (Lipinski definition) is 4. The molecule has 0 fully saturated rings. The second-order valence-corrected chi connectivity index (χ2v) is 6.74. The van der Waals surface area contributed by atoms with Crippen LogP contribution in [0.2, 0.25) is 0 Å². The summed E-state index contributed by atoms with van der Waals surface area (Å²) in [6.07, 6.45) is -0.766. The Bertz CT molecular complexity index is 988. The second kappa shape index (κ2) is 10.1. The summed E-state index contributed by atoms with van der Waals surface area (Å²) in [5.41, 5.74) is 7.76. The number of carbonyl (C=O) groups is 2. The van der Waals surface area contributed by atoms with Crippen molar-refractivity contribution in [3.8, 4) is 22.6 Å². The van der Waals surface area contributed by atoms with Gasteiger partial charge in [0, 0.05) is 0 Å². The second-order valence-electron chi connectivity index (χ2n) is 6.74. The zero-order valence-corrected chi connectivity index (χ0v) is 16.9. The van der Waals surface area contributed by atoms with Crippen LogP contribution in [0.25, 0.3) is 11.1 Å². The summed E-state index contributed by atoms with van der Waals surface area (Å²) in [7, 11) is 0. The molecule has 0 aliphatic rings. The fourth-order valence-electron chi connectivity index (χ4n) is 2.72. The lowest BCUT2D eigenvalue weighted by Gasteiger charge is -2.16. The minimum absolute atomic E-state index is 0.224. The first kappa shape index (κ1) is 20.9. The molecule has 6 nitrogen and oxygen atoms in total. The minimum Gasteiger partial charge on any atom is -0.484 e. The van der Waals surface area contributed by atoms with Crippen molar-refractivity contribution in [1.82, 2.24) is 10.9 Å². The van der Waals surface area contributed by atoms with E-state index in [1.54, 1.807) is 25.1 Å². The molecule has 1 atom stereocenters. The number of carbonyl (C=O) groups excluding carboxylic acids is 2. The van der Waals surface area contributed by atoms with Gasteiger partial charge in [0.2, 0.25) is 0 Å². The van der Waals surface area contributed by atoms with Crippen molar-refractivity contribution in [1.29, 1.82) is 0 Å². The molecule has 2 amide bonds. The predicted octanol–water partition coefficient (Wildman–Crippen LogP) is 3.66. The first-order chi connectivity index (χ1) is 14.5. The molecule has 0 radical (unpaired) electrons. The molecular formula is C24H24N2O4. The van der Waals surface area contributed by atoms with Gasteiger partial charge >= 0.3 is 0 Å². The maximum absolute atomic E-state index is 12.1. The van der Waals surface area contributed by atoms with Crippen molar-refractivity contribution < 1.29 is 19.1 Å². The van der Waals surface area contributed by atoms with Crippen LogP contribution in [0.5, 0.6) is 11.5 Å². The average molecular weight is 404 g/mol. The standard InChI is InChI=1S/C24H24N2O4/c1-17-8-6-7-11-22(17)30-18(2)24(28)26-25-23(27)16-29-21-14-12-20(13-15-21)19-9-4-3-5-10-19/h3-15,18H,16H2,1-2H3,(H,25,27)(H,26,28). The van der Waals surface area contributed by atoms with E-state index in [4.69, 9.17) is 9.47 Å². The number of para-hydroxylation sites is 1. The largest absolute Gasteiger partial charge is 0.484 e. The van der Waals surface area contributed by atoms with Gasteiger partial charge in [-0.05, 0) is 48.7 Å². The lowest BCUT2D eigenvalue weighted by atomic mass is 10.1. The van der Waals surface area contributed by atoms with Gasteiger partial charge in [-0.1, -0.05) is 60.7 Å². The van der Waals surface area contributed by atoms with Crippen molar-refractivity contribution in [3.63, 3.8) is 0 Å². The van der Waals surface area contributed by atoms with Crippen LogP contribution in [0.1, 0.15) is 12.5 Å². The number of nitrogens with one attached hydrogen (secondary N) is 2. The van der Waals surface area contributed by atoms with E-state index in [1.165, 1.54) is 0 Å². The van der Waals surface area contributed by atoms with Gasteiger partial charge in [0.05, 0.1) is 0 Å². The monoisotopic (exact) mass is 404 g/mol. The summed E-state index contributed by atoms with van der Waals surface area (Å²) in [5.74, 6) is 0.249. The molecule has 30 heavy (non-hydrogen) atoms. The molecule has 0 aromatic heterocycles. The topological polar surface area (TPSA) is 76.7 Å². The Kier molecular flexibility index (Phi) is 7.05. The van der Waals surface area contributed by atoms with Crippen LogP contribution in [0.4, 0.5) is 0 Å². The molecule has 3 rings (SSSR count). The van der Waals surface area contributed by atoms with Crippen LogP contribution < -0.4 is 20.3 Å². The lowest BCUT2D eigenvalue weighted by Crippen LogP contribution is -2.48. The van der Waals surface area contributed by atoms with Crippen LogP contribution in [0, 0.1) is 6.92 Å². The summed E-state index contributed by atoms with van der Waals surface area (Å²) in [5, 5.41) is 0. The van der Waals surface area contributed by atoms with Gasteiger partial charge in [0.15, 0.2) is 12.7 Å². The van der Waals surface area contributed by atoms with Gasteiger partial charge in [0.25, 0.3) is 11.8 Å². The van der Waals surface area contributed by atoms with Crippen LogP contribution in [0.3, 0.4) is 0 Å². The van der Waals surface area contributed by atoms with Gasteiger partial charge in [-0.15, -0.1) is 0 Å². The summed E-state index contributed by atoms with van der Waals surface area (Å²) in [4.78, 5) is 24.1. The fourth-order valence-corrected chi connectivity index (χ4v) is 2.72. The third-order valence-corrected chi connectivity index (χ3v) is 4.42. The van der Waals surface area contributed by atoms with Crippen LogP contribution in [-0.2, 0) is 9.59 Å². The van der Waals surface area contributed by atoms with E-state index in [0.717, 1.165) is 16.7 Å². The highest BCUT2D eigenvalue weighted by Gasteiger charge is 2.16. The Balaban J connectivity index is 1.42. The number of aryl methyl sites for hydroxylation is 1. The number of hydrogen-bond donors (Lipinski definition) is 2. The fraction of sp³-hybridized carbons (Fsp3) is 0.167. The highest BCUT2D eigenvalue weighted by atomic mass is 16.5. The molecule has 0 saturated heterocycles. The summed E-state index contributed by atoms with van der Waals surface area (Å²) in [6, 6.07) is 24.8. The van der Waals surface area contributed by atoms with Crippen molar-refractivity contribution in [2.24, 2.45) is 0 Å². The smallest absolute Gasteiger partial charge is 0.279 e. The van der Waals surface area contributed by atoms with Gasteiger partial charge in [-0.2, -0.15) is 0 Å².